The second-order valence-corrected chi connectivity index (χ2v) is 5.10. The van der Waals surface area contributed by atoms with Crippen LogP contribution < -0.4 is 20.1 Å². The maximum absolute atomic E-state index is 13.4. The lowest BCUT2D eigenvalue weighted by atomic mass is 10.2. The van der Waals surface area contributed by atoms with E-state index in [2.05, 4.69) is 5.32 Å². The number of hydrogen-bond acceptors (Lipinski definition) is 6. The monoisotopic (exact) mass is 376 g/mol. The Labute approximate surface area is 154 Å². The number of nitrogens with one attached hydrogen (secondary N) is 2. The molecule has 0 fully saturated rings. The van der Waals surface area contributed by atoms with E-state index in [1.54, 1.807) is 12.1 Å². The van der Waals surface area contributed by atoms with Crippen LogP contribution in [0.2, 0.25) is 0 Å². The molecule has 0 saturated carbocycles. The molecule has 2 aromatic carbocycles. The van der Waals surface area contributed by atoms with Crippen LogP contribution in [0.4, 0.5) is 14.9 Å². The molecule has 27 heavy (non-hydrogen) atoms. The highest BCUT2D eigenvalue weighted by Crippen LogP contribution is 2.31. The van der Waals surface area contributed by atoms with E-state index in [9.17, 15) is 18.8 Å². The first-order valence-corrected chi connectivity index (χ1v) is 7.69. The average molecular weight is 376 g/mol. The number of imide groups is 1. The molecule has 0 aromatic heterocycles. The smallest absolute Gasteiger partial charge is 0.342 e. The Kier molecular flexibility index (Phi) is 6.70. The number of carbonyl (C=O) groups excluding carboxylic acids is 3. The van der Waals surface area contributed by atoms with E-state index in [4.69, 9.17) is 14.2 Å². The van der Waals surface area contributed by atoms with E-state index in [1.165, 1.54) is 38.5 Å². The summed E-state index contributed by atoms with van der Waals surface area (Å²) in [6, 6.07) is 9.08. The molecule has 2 N–H and O–H groups in total. The zero-order valence-electron chi connectivity index (χ0n) is 14.6. The highest BCUT2D eigenvalue weighted by atomic mass is 19.1. The number of benzene rings is 2. The maximum Gasteiger partial charge on any atom is 0.342 e. The average Bonchev–Trinajstić information content (AvgIpc) is 2.67. The number of anilines is 1. The Bertz CT molecular complexity index is 855. The van der Waals surface area contributed by atoms with E-state index in [-0.39, 0.29) is 17.0 Å². The topological polar surface area (TPSA) is 103 Å². The fourth-order valence-electron chi connectivity index (χ4n) is 2.14. The molecule has 2 rings (SSSR count). The van der Waals surface area contributed by atoms with Gasteiger partial charge in [-0.3, -0.25) is 10.1 Å². The lowest BCUT2D eigenvalue weighted by Gasteiger charge is -2.12. The van der Waals surface area contributed by atoms with Crippen LogP contribution in [0, 0.1) is 5.82 Å². The fourth-order valence-corrected chi connectivity index (χ4v) is 2.14. The molecule has 0 aliphatic carbocycles. The van der Waals surface area contributed by atoms with Gasteiger partial charge in [-0.25, -0.2) is 14.0 Å². The van der Waals surface area contributed by atoms with E-state index < -0.39 is 30.3 Å². The number of rotatable bonds is 6. The van der Waals surface area contributed by atoms with Crippen LogP contribution in [0.25, 0.3) is 0 Å². The normalized spacial score (nSPS) is 9.89. The highest BCUT2D eigenvalue weighted by Gasteiger charge is 2.19. The van der Waals surface area contributed by atoms with Crippen molar-refractivity contribution in [2.45, 2.75) is 0 Å². The van der Waals surface area contributed by atoms with Gasteiger partial charge >= 0.3 is 12.0 Å². The summed E-state index contributed by atoms with van der Waals surface area (Å²) in [5.74, 6) is -1.91. The summed E-state index contributed by atoms with van der Waals surface area (Å²) in [6.07, 6.45) is 0. The zero-order chi connectivity index (χ0) is 19.8. The summed E-state index contributed by atoms with van der Waals surface area (Å²) in [7, 11) is 2.77. The molecular weight excluding hydrogens is 359 g/mol. The van der Waals surface area contributed by atoms with Crippen LogP contribution >= 0.6 is 0 Å². The van der Waals surface area contributed by atoms with Crippen molar-refractivity contribution in [1.29, 1.82) is 0 Å². The van der Waals surface area contributed by atoms with Gasteiger partial charge in [-0.15, -0.1) is 0 Å². The van der Waals surface area contributed by atoms with Crippen molar-refractivity contribution in [1.82, 2.24) is 5.32 Å². The highest BCUT2D eigenvalue weighted by molar-refractivity contribution is 6.02. The van der Waals surface area contributed by atoms with Crippen LogP contribution in [0.15, 0.2) is 42.5 Å². The van der Waals surface area contributed by atoms with E-state index in [0.29, 0.717) is 5.75 Å². The van der Waals surface area contributed by atoms with E-state index in [1.807, 2.05) is 5.32 Å². The van der Waals surface area contributed by atoms with Crippen molar-refractivity contribution in [3.63, 3.8) is 0 Å². The molecule has 0 saturated heterocycles. The molecule has 0 heterocycles. The summed E-state index contributed by atoms with van der Waals surface area (Å²) in [5.41, 5.74) is -0.0404. The zero-order valence-corrected chi connectivity index (χ0v) is 14.6. The quantitative estimate of drug-likeness (QED) is 0.750. The summed E-state index contributed by atoms with van der Waals surface area (Å²) in [6.45, 7) is -0.718. The lowest BCUT2D eigenvalue weighted by Crippen LogP contribution is -2.37. The molecule has 9 heteroatoms. The number of ether oxygens (including phenoxy) is 3. The molecule has 8 nitrogen and oxygen atoms in total. The number of halogens is 1. The Morgan fingerprint density at radius 2 is 1.74 bits per heavy atom. The molecule has 0 spiro atoms. The molecule has 3 amide bonds. The maximum atomic E-state index is 13.4. The van der Waals surface area contributed by atoms with Gasteiger partial charge in [-0.05, 0) is 24.3 Å². The number of esters is 1. The van der Waals surface area contributed by atoms with Crippen LogP contribution in [-0.2, 0) is 9.53 Å². The number of urea groups is 1. The van der Waals surface area contributed by atoms with Gasteiger partial charge < -0.3 is 19.5 Å². The number of carbonyl (C=O) groups is 3. The van der Waals surface area contributed by atoms with Crippen LogP contribution in [-0.4, -0.2) is 38.7 Å². The van der Waals surface area contributed by atoms with Crippen LogP contribution in [0.3, 0.4) is 0 Å². The van der Waals surface area contributed by atoms with Gasteiger partial charge in [0, 0.05) is 0 Å². The van der Waals surface area contributed by atoms with Crippen molar-refractivity contribution in [3.8, 4) is 11.5 Å². The molecule has 142 valence electrons. The SMILES string of the molecule is COc1cccc(C(=O)OCC(=O)NC(=O)Nc2ccccc2F)c1OC. The van der Waals surface area contributed by atoms with E-state index in [0.717, 1.165) is 6.07 Å². The third-order valence-corrected chi connectivity index (χ3v) is 3.33. The van der Waals surface area contributed by atoms with Crippen LogP contribution in [0.1, 0.15) is 10.4 Å². The first kappa shape index (κ1) is 19.7. The van der Waals surface area contributed by atoms with E-state index >= 15 is 0 Å². The summed E-state index contributed by atoms with van der Waals surface area (Å²) in [5, 5.41) is 4.10. The van der Waals surface area contributed by atoms with Gasteiger partial charge in [0.05, 0.1) is 19.9 Å². The minimum Gasteiger partial charge on any atom is -0.493 e. The summed E-state index contributed by atoms with van der Waals surface area (Å²) < 4.78 is 28.5. The van der Waals surface area contributed by atoms with Gasteiger partial charge in [0.25, 0.3) is 5.91 Å². The predicted octanol–water partition coefficient (Wildman–Crippen LogP) is 2.35. The minimum atomic E-state index is -0.958. The number of methoxy groups -OCH3 is 2. The Morgan fingerprint density at radius 1 is 1.00 bits per heavy atom. The summed E-state index contributed by atoms with van der Waals surface area (Å²) >= 11 is 0. The van der Waals surface area contributed by atoms with Gasteiger partial charge in [0.15, 0.2) is 18.1 Å². The van der Waals surface area contributed by atoms with Crippen molar-refractivity contribution < 1.29 is 33.0 Å². The molecule has 2 aromatic rings. The van der Waals surface area contributed by atoms with Gasteiger partial charge in [-0.2, -0.15) is 0 Å². The Morgan fingerprint density at radius 3 is 2.41 bits per heavy atom. The summed E-state index contributed by atoms with van der Waals surface area (Å²) in [4.78, 5) is 35.6. The number of para-hydroxylation sites is 2. The minimum absolute atomic E-state index is 0.0560. The molecule has 0 aliphatic rings. The number of hydrogen-bond donors (Lipinski definition) is 2. The van der Waals surface area contributed by atoms with Crippen molar-refractivity contribution >= 4 is 23.6 Å². The third kappa shape index (κ3) is 5.18. The van der Waals surface area contributed by atoms with Crippen molar-refractivity contribution in [2.24, 2.45) is 0 Å². The molecular formula is C18H17FN2O6. The van der Waals surface area contributed by atoms with Gasteiger partial charge in [0.2, 0.25) is 0 Å². The van der Waals surface area contributed by atoms with Crippen molar-refractivity contribution in [3.05, 3.63) is 53.8 Å². The molecule has 0 aliphatic heterocycles. The lowest BCUT2D eigenvalue weighted by molar-refractivity contribution is -0.123. The molecule has 0 radical (unpaired) electrons. The van der Waals surface area contributed by atoms with Crippen molar-refractivity contribution in [2.75, 3.05) is 26.1 Å². The molecule has 0 bridgehead atoms. The fraction of sp³-hybridized carbons (Fsp3) is 0.167. The first-order chi connectivity index (χ1) is 13.0. The molecule has 0 atom stereocenters. The van der Waals surface area contributed by atoms with Gasteiger partial charge in [-0.1, -0.05) is 18.2 Å². The largest absolute Gasteiger partial charge is 0.493 e. The third-order valence-electron chi connectivity index (χ3n) is 3.33. The second kappa shape index (κ2) is 9.18. The Hall–Kier alpha value is -3.62. The predicted molar refractivity (Wildman–Crippen MR) is 93.4 cm³/mol. The standard InChI is InChI=1S/C18H17FN2O6/c1-25-14-9-5-6-11(16(14)26-2)17(23)27-10-15(22)21-18(24)20-13-8-4-3-7-12(13)19/h3-9H,10H2,1-2H3,(H2,20,21,22,24). The number of amides is 3. The van der Waals surface area contributed by atoms with Crippen LogP contribution in [0.5, 0.6) is 11.5 Å². The second-order valence-electron chi connectivity index (χ2n) is 5.10. The first-order valence-electron chi connectivity index (χ1n) is 7.69. The Balaban J connectivity index is 1.91. The molecule has 0 unspecified atom stereocenters. The van der Waals surface area contributed by atoms with Gasteiger partial charge in [0.1, 0.15) is 11.4 Å².